The first kappa shape index (κ1) is 21.6. The Morgan fingerprint density at radius 3 is 2.74 bits per heavy atom. The first-order chi connectivity index (χ1) is 15.0. The van der Waals surface area contributed by atoms with Crippen LogP contribution in [0.5, 0.6) is 0 Å². The number of nitrogens with zero attached hydrogens (tertiary/aromatic N) is 1. The van der Waals surface area contributed by atoms with E-state index in [1.165, 1.54) is 18.0 Å². The summed E-state index contributed by atoms with van der Waals surface area (Å²) in [5.74, 6) is -0.233. The Morgan fingerprint density at radius 2 is 2.06 bits per heavy atom. The standard InChI is InChI=1S/C22H17Cl2N3O3S/c23-12-7-13(24)9-14(8-12)26-19(29)11-31-22-15(10-25)20(18-5-2-6-30-18)21-16(27-22)3-1-4-17(21)28/h2,5-9,20,27H,1,3-4,11H2,(H,26,29)/t20-/m0/s1. The van der Waals surface area contributed by atoms with Crippen molar-refractivity contribution in [3.63, 3.8) is 0 Å². The Balaban J connectivity index is 1.57. The molecule has 6 nitrogen and oxygen atoms in total. The second kappa shape index (κ2) is 9.23. The number of ketones is 1. The molecule has 0 spiro atoms. The molecule has 0 unspecified atom stereocenters. The van der Waals surface area contributed by atoms with E-state index in [0.717, 1.165) is 12.1 Å². The fraction of sp³-hybridized carbons (Fsp3) is 0.227. The van der Waals surface area contributed by atoms with Crippen molar-refractivity contribution in [1.29, 1.82) is 5.26 Å². The number of Topliss-reactive ketones (excluding diaryl/α,β-unsaturated/α-hetero) is 1. The number of hydrogen-bond donors (Lipinski definition) is 2. The third kappa shape index (κ3) is 4.67. The molecule has 1 aromatic carbocycles. The Morgan fingerprint density at radius 1 is 1.29 bits per heavy atom. The van der Waals surface area contributed by atoms with Crippen molar-refractivity contribution in [2.45, 2.75) is 25.2 Å². The number of amides is 1. The number of halogens is 2. The molecule has 1 amide bonds. The predicted molar refractivity (Wildman–Crippen MR) is 121 cm³/mol. The summed E-state index contributed by atoms with van der Waals surface area (Å²) in [6.07, 6.45) is 3.42. The van der Waals surface area contributed by atoms with Gasteiger partial charge in [0.25, 0.3) is 0 Å². The van der Waals surface area contributed by atoms with Crippen molar-refractivity contribution >= 4 is 52.3 Å². The molecule has 0 saturated carbocycles. The van der Waals surface area contributed by atoms with Crippen molar-refractivity contribution < 1.29 is 14.0 Å². The number of rotatable bonds is 5. The van der Waals surface area contributed by atoms with Crippen LogP contribution in [0.15, 0.2) is 62.9 Å². The molecule has 2 heterocycles. The fourth-order valence-electron chi connectivity index (χ4n) is 3.74. The monoisotopic (exact) mass is 473 g/mol. The second-order valence-electron chi connectivity index (χ2n) is 7.09. The third-order valence-electron chi connectivity index (χ3n) is 4.98. The van der Waals surface area contributed by atoms with Crippen LogP contribution in [0.4, 0.5) is 5.69 Å². The van der Waals surface area contributed by atoms with Gasteiger partial charge in [0.15, 0.2) is 5.78 Å². The van der Waals surface area contributed by atoms with Crippen molar-refractivity contribution in [3.8, 4) is 6.07 Å². The number of hydrogen-bond acceptors (Lipinski definition) is 6. The van der Waals surface area contributed by atoms with Crippen molar-refractivity contribution in [2.75, 3.05) is 11.1 Å². The number of furan rings is 1. The van der Waals surface area contributed by atoms with Gasteiger partial charge < -0.3 is 15.1 Å². The van der Waals surface area contributed by atoms with E-state index < -0.39 is 5.92 Å². The van der Waals surface area contributed by atoms with Gasteiger partial charge in [-0.3, -0.25) is 9.59 Å². The van der Waals surface area contributed by atoms with Crippen LogP contribution in [0, 0.1) is 11.3 Å². The van der Waals surface area contributed by atoms with Gasteiger partial charge in [-0.05, 0) is 43.2 Å². The van der Waals surface area contributed by atoms with Crippen molar-refractivity contribution in [1.82, 2.24) is 5.32 Å². The van der Waals surface area contributed by atoms with E-state index >= 15 is 0 Å². The van der Waals surface area contributed by atoms with Crippen LogP contribution in [0.1, 0.15) is 30.9 Å². The molecule has 158 valence electrons. The van der Waals surface area contributed by atoms with Gasteiger partial charge in [0.1, 0.15) is 5.76 Å². The highest BCUT2D eigenvalue weighted by molar-refractivity contribution is 8.03. The molecule has 0 bridgehead atoms. The number of thioether (sulfide) groups is 1. The molecule has 2 aromatic rings. The van der Waals surface area contributed by atoms with Crippen LogP contribution in [0.25, 0.3) is 0 Å². The fourth-order valence-corrected chi connectivity index (χ4v) is 5.13. The molecule has 0 saturated heterocycles. The molecule has 9 heteroatoms. The average Bonchev–Trinajstić information content (AvgIpc) is 3.25. The second-order valence-corrected chi connectivity index (χ2v) is 8.95. The zero-order valence-corrected chi connectivity index (χ0v) is 18.5. The highest BCUT2D eigenvalue weighted by Gasteiger charge is 2.38. The van der Waals surface area contributed by atoms with Gasteiger partial charge in [-0.15, -0.1) is 0 Å². The predicted octanol–water partition coefficient (Wildman–Crippen LogP) is 5.39. The Labute approximate surface area is 193 Å². The largest absolute Gasteiger partial charge is 0.468 e. The van der Waals surface area contributed by atoms with Crippen LogP contribution in [-0.2, 0) is 9.59 Å². The van der Waals surface area contributed by atoms with E-state index in [2.05, 4.69) is 16.7 Å². The van der Waals surface area contributed by atoms with Crippen LogP contribution in [0.2, 0.25) is 10.0 Å². The van der Waals surface area contributed by atoms with Gasteiger partial charge in [-0.2, -0.15) is 5.26 Å². The van der Waals surface area contributed by atoms with E-state index in [0.29, 0.717) is 50.5 Å². The lowest BCUT2D eigenvalue weighted by Gasteiger charge is -2.32. The Bertz CT molecular complexity index is 1130. The van der Waals surface area contributed by atoms with Crippen LogP contribution < -0.4 is 10.6 Å². The van der Waals surface area contributed by atoms with Crippen molar-refractivity contribution in [3.05, 3.63) is 74.3 Å². The molecule has 1 aliphatic heterocycles. The maximum Gasteiger partial charge on any atom is 0.234 e. The first-order valence-corrected chi connectivity index (χ1v) is 11.3. The minimum absolute atomic E-state index is 0.0162. The number of anilines is 1. The lowest BCUT2D eigenvalue weighted by molar-refractivity contribution is -0.116. The van der Waals surface area contributed by atoms with Gasteiger partial charge in [0.05, 0.1) is 34.6 Å². The maximum absolute atomic E-state index is 12.7. The summed E-state index contributed by atoms with van der Waals surface area (Å²) in [6, 6.07) is 10.5. The normalized spacial score (nSPS) is 18.4. The van der Waals surface area contributed by atoms with Gasteiger partial charge in [-0.25, -0.2) is 0 Å². The summed E-state index contributed by atoms with van der Waals surface area (Å²) in [5, 5.41) is 17.3. The number of nitrogens with one attached hydrogen (secondary N) is 2. The molecule has 4 rings (SSSR count). The molecule has 2 N–H and O–H groups in total. The number of benzene rings is 1. The third-order valence-corrected chi connectivity index (χ3v) is 6.44. The molecule has 1 aliphatic carbocycles. The summed E-state index contributed by atoms with van der Waals surface area (Å²) in [4.78, 5) is 25.1. The van der Waals surface area contributed by atoms with E-state index in [-0.39, 0.29) is 17.4 Å². The molecule has 0 radical (unpaired) electrons. The lowest BCUT2D eigenvalue weighted by atomic mass is 9.79. The van der Waals surface area contributed by atoms with E-state index in [4.69, 9.17) is 27.6 Å². The van der Waals surface area contributed by atoms with Crippen molar-refractivity contribution in [2.24, 2.45) is 0 Å². The topological polar surface area (TPSA) is 95.1 Å². The van der Waals surface area contributed by atoms with Gasteiger partial charge in [0.2, 0.25) is 5.91 Å². The quantitative estimate of drug-likeness (QED) is 0.604. The van der Waals surface area contributed by atoms with E-state index in [9.17, 15) is 14.9 Å². The molecule has 31 heavy (non-hydrogen) atoms. The molecule has 2 aliphatic rings. The molecule has 1 atom stereocenters. The Hall–Kier alpha value is -2.66. The number of carbonyl (C=O) groups is 2. The molecule has 1 aromatic heterocycles. The zero-order valence-electron chi connectivity index (χ0n) is 16.2. The number of allylic oxidation sites excluding steroid dienone is 3. The van der Waals surface area contributed by atoms with Crippen LogP contribution >= 0.6 is 35.0 Å². The lowest BCUT2D eigenvalue weighted by Crippen LogP contribution is -2.31. The van der Waals surface area contributed by atoms with Gasteiger partial charge in [0, 0.05) is 33.4 Å². The SMILES string of the molecule is N#CC1=C(SCC(=O)Nc2cc(Cl)cc(Cl)c2)NC2=C(C(=O)CCC2)[C@@H]1c1ccco1. The highest BCUT2D eigenvalue weighted by Crippen LogP contribution is 2.44. The smallest absolute Gasteiger partial charge is 0.234 e. The summed E-state index contributed by atoms with van der Waals surface area (Å²) in [7, 11) is 0. The number of dihydropyridines is 1. The molecule has 0 fully saturated rings. The zero-order chi connectivity index (χ0) is 22.0. The summed E-state index contributed by atoms with van der Waals surface area (Å²) in [6.45, 7) is 0. The minimum Gasteiger partial charge on any atom is -0.468 e. The maximum atomic E-state index is 12.7. The Kier molecular flexibility index (Phi) is 6.42. The van der Waals surface area contributed by atoms with Crippen LogP contribution in [-0.4, -0.2) is 17.4 Å². The summed E-state index contributed by atoms with van der Waals surface area (Å²) >= 11 is 13.2. The number of carbonyl (C=O) groups excluding carboxylic acids is 2. The van der Waals surface area contributed by atoms with Gasteiger partial charge in [-0.1, -0.05) is 35.0 Å². The minimum atomic E-state index is -0.568. The van der Waals surface area contributed by atoms with E-state index in [1.54, 1.807) is 30.3 Å². The average molecular weight is 474 g/mol. The highest BCUT2D eigenvalue weighted by atomic mass is 35.5. The molecular formula is C22H17Cl2N3O3S. The van der Waals surface area contributed by atoms with E-state index in [1.807, 2.05) is 0 Å². The number of nitriles is 1. The molecular weight excluding hydrogens is 457 g/mol. The van der Waals surface area contributed by atoms with Gasteiger partial charge >= 0.3 is 0 Å². The summed E-state index contributed by atoms with van der Waals surface area (Å²) < 4.78 is 5.56. The first-order valence-electron chi connectivity index (χ1n) is 9.56. The van der Waals surface area contributed by atoms with Crippen LogP contribution in [0.3, 0.4) is 0 Å². The summed E-state index contributed by atoms with van der Waals surface area (Å²) in [5.41, 5.74) is 2.24.